The van der Waals surface area contributed by atoms with E-state index >= 15 is 0 Å². The van der Waals surface area contributed by atoms with Crippen molar-refractivity contribution in [3.8, 4) is 0 Å². The summed E-state index contributed by atoms with van der Waals surface area (Å²) in [5.41, 5.74) is 4.81. The molecule has 0 bridgehead atoms. The van der Waals surface area contributed by atoms with Gasteiger partial charge < -0.3 is 0 Å². The molecule has 0 unspecified atom stereocenters. The Kier molecular flexibility index (Phi) is 2.21. The first-order chi connectivity index (χ1) is 2.81. The molecule has 2 nitrogen and oxygen atoms in total. The Balaban J connectivity index is 3.52. The molecule has 2 heteroatoms. The van der Waals surface area contributed by atoms with Crippen LogP contribution in [0.5, 0.6) is 0 Å². The van der Waals surface area contributed by atoms with Crippen LogP contribution in [0.15, 0.2) is 18.0 Å². The van der Waals surface area contributed by atoms with Crippen molar-refractivity contribution in [2.24, 2.45) is 0 Å². The molecule has 0 heterocycles. The molecule has 0 spiro atoms. The van der Waals surface area contributed by atoms with E-state index in [-0.39, 0.29) is 0 Å². The highest BCUT2D eigenvalue weighted by atomic mass is 16.5. The molecular formula is C4H7NO. The van der Waals surface area contributed by atoms with Crippen molar-refractivity contribution in [3.05, 3.63) is 18.0 Å². The molecule has 0 aliphatic rings. The van der Waals surface area contributed by atoms with Crippen LogP contribution in [-0.4, -0.2) is 5.21 Å². The lowest BCUT2D eigenvalue weighted by Gasteiger charge is -1.86. The average Bonchev–Trinajstić information content (AvgIpc) is 1.65. The Morgan fingerprint density at radius 2 is 2.50 bits per heavy atom. The molecule has 34 valence electrons. The summed E-state index contributed by atoms with van der Waals surface area (Å²) in [6, 6.07) is 0. The maximum absolute atomic E-state index is 7.95. The van der Waals surface area contributed by atoms with E-state index < -0.39 is 0 Å². The van der Waals surface area contributed by atoms with Crippen molar-refractivity contribution in [1.29, 1.82) is 0 Å². The molecule has 0 saturated heterocycles. The molecule has 0 fully saturated rings. The van der Waals surface area contributed by atoms with Crippen LogP contribution in [0.4, 0.5) is 0 Å². The molecule has 0 aromatic carbocycles. The van der Waals surface area contributed by atoms with E-state index in [1.165, 1.54) is 0 Å². The third kappa shape index (κ3) is 1.58. The minimum atomic E-state index is 0.537. The van der Waals surface area contributed by atoms with Crippen LogP contribution in [0.1, 0.15) is 6.92 Å². The van der Waals surface area contributed by atoms with Gasteiger partial charge in [-0.1, -0.05) is 6.58 Å². The number of allylic oxidation sites excluding steroid dienone is 1. The molecule has 0 aliphatic carbocycles. The van der Waals surface area contributed by atoms with E-state index in [9.17, 15) is 0 Å². The first-order valence-corrected chi connectivity index (χ1v) is 1.58. The third-order valence-electron chi connectivity index (χ3n) is 0.433. The van der Waals surface area contributed by atoms with Crippen LogP contribution < -0.4 is 5.48 Å². The maximum atomic E-state index is 7.95. The van der Waals surface area contributed by atoms with E-state index in [1.807, 2.05) is 5.48 Å². The first-order valence-electron chi connectivity index (χ1n) is 1.58. The first kappa shape index (κ1) is 5.28. The molecule has 2 N–H and O–H groups in total. The van der Waals surface area contributed by atoms with Gasteiger partial charge in [0.2, 0.25) is 0 Å². The van der Waals surface area contributed by atoms with Gasteiger partial charge in [-0.15, -0.1) is 5.73 Å². The van der Waals surface area contributed by atoms with Crippen LogP contribution in [0.25, 0.3) is 0 Å². The molecular weight excluding hydrogens is 78.0 g/mol. The van der Waals surface area contributed by atoms with Gasteiger partial charge in [-0.25, -0.2) is 0 Å². The van der Waals surface area contributed by atoms with Crippen LogP contribution in [0, 0.1) is 0 Å². The molecule has 0 radical (unpaired) electrons. The second-order valence-electron chi connectivity index (χ2n) is 0.914. The fourth-order valence-electron chi connectivity index (χ4n) is 0.0395. The molecule has 0 saturated carbocycles. The van der Waals surface area contributed by atoms with Crippen molar-refractivity contribution in [2.45, 2.75) is 6.92 Å². The number of rotatable bonds is 1. The fourth-order valence-corrected chi connectivity index (χ4v) is 0.0395. The van der Waals surface area contributed by atoms with Gasteiger partial charge in [0.05, 0.1) is 5.70 Å². The second-order valence-corrected chi connectivity index (χ2v) is 0.914. The minimum absolute atomic E-state index is 0.537. The van der Waals surface area contributed by atoms with Gasteiger partial charge in [0.25, 0.3) is 0 Å². The molecule has 0 amide bonds. The summed E-state index contributed by atoms with van der Waals surface area (Å²) in [5, 5.41) is 7.95. The summed E-state index contributed by atoms with van der Waals surface area (Å²) in [4.78, 5) is 0. The SMILES string of the molecule is C=C=C(C)NO. The number of hydrogen-bond donors (Lipinski definition) is 2. The molecule has 0 aliphatic heterocycles. The van der Waals surface area contributed by atoms with Gasteiger partial charge in [-0.3, -0.25) is 10.7 Å². The molecule has 0 atom stereocenters. The van der Waals surface area contributed by atoms with Crippen molar-refractivity contribution in [1.82, 2.24) is 5.48 Å². The average molecular weight is 85.1 g/mol. The summed E-state index contributed by atoms with van der Waals surface area (Å²) >= 11 is 0. The molecule has 0 aromatic rings. The van der Waals surface area contributed by atoms with Crippen molar-refractivity contribution < 1.29 is 5.21 Å². The van der Waals surface area contributed by atoms with Crippen LogP contribution in [0.2, 0.25) is 0 Å². The van der Waals surface area contributed by atoms with Gasteiger partial charge in [0, 0.05) is 0 Å². The van der Waals surface area contributed by atoms with Gasteiger partial charge in [-0.2, -0.15) is 0 Å². The Hall–Kier alpha value is -0.720. The van der Waals surface area contributed by atoms with Crippen molar-refractivity contribution >= 4 is 0 Å². The topological polar surface area (TPSA) is 32.3 Å². The van der Waals surface area contributed by atoms with Crippen molar-refractivity contribution in [3.63, 3.8) is 0 Å². The predicted molar refractivity (Wildman–Crippen MR) is 23.2 cm³/mol. The molecule has 0 rings (SSSR count). The Bertz CT molecular complexity index is 81.5. The Morgan fingerprint density at radius 1 is 2.00 bits per heavy atom. The van der Waals surface area contributed by atoms with E-state index in [4.69, 9.17) is 5.21 Å². The van der Waals surface area contributed by atoms with Gasteiger partial charge >= 0.3 is 0 Å². The van der Waals surface area contributed by atoms with Crippen LogP contribution >= 0.6 is 0 Å². The van der Waals surface area contributed by atoms with E-state index in [2.05, 4.69) is 12.3 Å². The largest absolute Gasteiger partial charge is 0.291 e. The summed E-state index contributed by atoms with van der Waals surface area (Å²) < 4.78 is 0. The van der Waals surface area contributed by atoms with Gasteiger partial charge in [0.15, 0.2) is 0 Å². The number of nitrogens with one attached hydrogen (secondary N) is 1. The highest BCUT2D eigenvalue weighted by Crippen LogP contribution is 1.72. The maximum Gasteiger partial charge on any atom is 0.0755 e. The van der Waals surface area contributed by atoms with Crippen LogP contribution in [0.3, 0.4) is 0 Å². The number of hydroxylamine groups is 1. The van der Waals surface area contributed by atoms with Gasteiger partial charge in [0.1, 0.15) is 0 Å². The van der Waals surface area contributed by atoms with E-state index in [0.29, 0.717) is 5.70 Å². The standard InChI is InChI=1S/C4H7NO/c1-3-4(2)5-6/h5-6H,1H2,2H3. The fraction of sp³-hybridized carbons (Fsp3) is 0.250. The summed E-state index contributed by atoms with van der Waals surface area (Å²) in [5.74, 6) is 0. The summed E-state index contributed by atoms with van der Waals surface area (Å²) in [7, 11) is 0. The van der Waals surface area contributed by atoms with Crippen LogP contribution in [-0.2, 0) is 0 Å². The molecule has 6 heavy (non-hydrogen) atoms. The minimum Gasteiger partial charge on any atom is -0.291 e. The third-order valence-corrected chi connectivity index (χ3v) is 0.433. The number of hydrogen-bond acceptors (Lipinski definition) is 2. The van der Waals surface area contributed by atoms with E-state index in [1.54, 1.807) is 6.92 Å². The predicted octanol–water partition coefficient (Wildman–Crippen LogP) is 0.654. The summed E-state index contributed by atoms with van der Waals surface area (Å²) in [6.45, 7) is 4.91. The highest BCUT2D eigenvalue weighted by Gasteiger charge is 1.69. The second kappa shape index (κ2) is 2.51. The zero-order chi connectivity index (χ0) is 4.99. The Morgan fingerprint density at radius 3 is 2.50 bits per heavy atom. The zero-order valence-corrected chi connectivity index (χ0v) is 3.65. The van der Waals surface area contributed by atoms with Gasteiger partial charge in [-0.05, 0) is 6.92 Å². The normalized spacial score (nSPS) is 6.33. The highest BCUT2D eigenvalue weighted by molar-refractivity contribution is 4.86. The Labute approximate surface area is 36.8 Å². The summed E-state index contributed by atoms with van der Waals surface area (Å²) in [6.07, 6.45) is 0. The molecule has 0 aromatic heterocycles. The lowest BCUT2D eigenvalue weighted by Crippen LogP contribution is -2.00. The smallest absolute Gasteiger partial charge is 0.0755 e. The van der Waals surface area contributed by atoms with E-state index in [0.717, 1.165) is 0 Å². The monoisotopic (exact) mass is 85.1 g/mol. The van der Waals surface area contributed by atoms with Crippen molar-refractivity contribution in [2.75, 3.05) is 0 Å². The lowest BCUT2D eigenvalue weighted by atomic mass is 10.6. The quantitative estimate of drug-likeness (QED) is 0.362. The lowest BCUT2D eigenvalue weighted by molar-refractivity contribution is 0.201. The zero-order valence-electron chi connectivity index (χ0n) is 3.65.